The maximum atomic E-state index is 9.89. The molecule has 0 heterocycles. The van der Waals surface area contributed by atoms with E-state index >= 15 is 0 Å². The Kier molecular flexibility index (Phi) is 4.13. The van der Waals surface area contributed by atoms with Crippen molar-refractivity contribution in [3.05, 3.63) is 23.8 Å². The summed E-state index contributed by atoms with van der Waals surface area (Å²) in [5, 5.41) is 21.5. The van der Waals surface area contributed by atoms with Crippen molar-refractivity contribution in [2.24, 2.45) is 5.16 Å². The topological polar surface area (TPSA) is 71.3 Å². The zero-order chi connectivity index (χ0) is 12.1. The second kappa shape index (κ2) is 5.37. The zero-order valence-electron chi connectivity index (χ0n) is 9.47. The van der Waals surface area contributed by atoms with Crippen molar-refractivity contribution in [1.29, 1.82) is 0 Å². The van der Waals surface area contributed by atoms with Crippen LogP contribution in [-0.4, -0.2) is 30.2 Å². The van der Waals surface area contributed by atoms with Crippen molar-refractivity contribution in [2.75, 3.05) is 14.2 Å². The quantitative estimate of drug-likeness (QED) is 0.463. The number of nitrogens with zero attached hydrogens (tertiary/aromatic N) is 1. The Morgan fingerprint density at radius 3 is 2.50 bits per heavy atom. The highest BCUT2D eigenvalue weighted by Gasteiger charge is 2.17. The van der Waals surface area contributed by atoms with Gasteiger partial charge in [0.05, 0.1) is 19.9 Å². The first kappa shape index (κ1) is 12.3. The first-order chi connectivity index (χ1) is 7.63. The number of aliphatic hydroxyl groups is 1. The summed E-state index contributed by atoms with van der Waals surface area (Å²) in [4.78, 5) is 0. The van der Waals surface area contributed by atoms with E-state index in [-0.39, 0.29) is 5.71 Å². The van der Waals surface area contributed by atoms with Crippen LogP contribution in [0, 0.1) is 0 Å². The standard InChI is InChI=1S/C11H15NO4/c1-7(12-14)11(13)9-6-8(15-2)4-5-10(9)16-3/h4-6,11,13-14H,1-3H3. The van der Waals surface area contributed by atoms with Gasteiger partial charge >= 0.3 is 0 Å². The van der Waals surface area contributed by atoms with Gasteiger partial charge in [-0.2, -0.15) is 0 Å². The molecule has 1 aromatic carbocycles. The fraction of sp³-hybridized carbons (Fsp3) is 0.364. The van der Waals surface area contributed by atoms with E-state index in [1.807, 2.05) is 0 Å². The highest BCUT2D eigenvalue weighted by molar-refractivity contribution is 5.87. The summed E-state index contributed by atoms with van der Waals surface area (Å²) < 4.78 is 10.2. The lowest BCUT2D eigenvalue weighted by molar-refractivity contribution is 0.228. The van der Waals surface area contributed by atoms with Crippen molar-refractivity contribution in [3.63, 3.8) is 0 Å². The van der Waals surface area contributed by atoms with Gasteiger partial charge in [0.2, 0.25) is 0 Å². The molecule has 0 aliphatic rings. The van der Waals surface area contributed by atoms with Gasteiger partial charge in [-0.05, 0) is 25.1 Å². The Hall–Kier alpha value is -1.75. The van der Waals surface area contributed by atoms with Gasteiger partial charge in [0.1, 0.15) is 17.6 Å². The Morgan fingerprint density at radius 1 is 1.31 bits per heavy atom. The molecule has 0 aromatic heterocycles. The van der Waals surface area contributed by atoms with Crippen LogP contribution in [0.15, 0.2) is 23.4 Å². The number of oxime groups is 1. The fourth-order valence-electron chi connectivity index (χ4n) is 1.33. The number of aliphatic hydroxyl groups excluding tert-OH is 1. The Bertz CT molecular complexity index is 390. The van der Waals surface area contributed by atoms with Crippen LogP contribution in [0.2, 0.25) is 0 Å². The summed E-state index contributed by atoms with van der Waals surface area (Å²) in [6.45, 7) is 1.52. The summed E-state index contributed by atoms with van der Waals surface area (Å²) in [5.74, 6) is 1.11. The maximum Gasteiger partial charge on any atom is 0.125 e. The fourth-order valence-corrected chi connectivity index (χ4v) is 1.33. The number of ether oxygens (including phenoxy) is 2. The minimum atomic E-state index is -1.02. The first-order valence-corrected chi connectivity index (χ1v) is 4.72. The molecule has 1 atom stereocenters. The molecule has 0 aliphatic heterocycles. The molecular weight excluding hydrogens is 210 g/mol. The summed E-state index contributed by atoms with van der Waals surface area (Å²) in [6.07, 6.45) is -1.02. The van der Waals surface area contributed by atoms with Crippen molar-refractivity contribution < 1.29 is 19.8 Å². The van der Waals surface area contributed by atoms with Crippen LogP contribution in [0.3, 0.4) is 0 Å². The first-order valence-electron chi connectivity index (χ1n) is 4.72. The van der Waals surface area contributed by atoms with Gasteiger partial charge in [0.15, 0.2) is 0 Å². The van der Waals surface area contributed by atoms with Crippen LogP contribution in [-0.2, 0) is 0 Å². The molecule has 0 bridgehead atoms. The smallest absolute Gasteiger partial charge is 0.125 e. The SMILES string of the molecule is COc1ccc(OC)c(C(O)C(C)=NO)c1. The average Bonchev–Trinajstić information content (AvgIpc) is 2.35. The highest BCUT2D eigenvalue weighted by atomic mass is 16.5. The Morgan fingerprint density at radius 2 is 2.00 bits per heavy atom. The van der Waals surface area contributed by atoms with E-state index in [9.17, 15) is 5.11 Å². The van der Waals surface area contributed by atoms with Gasteiger partial charge in [-0.3, -0.25) is 0 Å². The van der Waals surface area contributed by atoms with Crippen molar-refractivity contribution in [1.82, 2.24) is 0 Å². The average molecular weight is 225 g/mol. The van der Waals surface area contributed by atoms with Gasteiger partial charge in [-0.25, -0.2) is 0 Å². The molecule has 1 unspecified atom stereocenters. The normalized spacial score (nSPS) is 13.4. The number of rotatable bonds is 4. The van der Waals surface area contributed by atoms with Crippen LogP contribution in [0.25, 0.3) is 0 Å². The third-order valence-corrected chi connectivity index (χ3v) is 2.28. The molecule has 0 radical (unpaired) electrons. The predicted octanol–water partition coefficient (Wildman–Crippen LogP) is 1.59. The third-order valence-electron chi connectivity index (χ3n) is 2.28. The van der Waals surface area contributed by atoms with Crippen molar-refractivity contribution in [2.45, 2.75) is 13.0 Å². The van der Waals surface area contributed by atoms with E-state index in [2.05, 4.69) is 5.16 Å². The molecule has 0 fully saturated rings. The predicted molar refractivity (Wildman–Crippen MR) is 59.4 cm³/mol. The summed E-state index contributed by atoms with van der Waals surface area (Å²) >= 11 is 0. The van der Waals surface area contributed by atoms with Crippen LogP contribution in [0.4, 0.5) is 0 Å². The van der Waals surface area contributed by atoms with E-state index in [0.717, 1.165) is 0 Å². The summed E-state index contributed by atoms with van der Waals surface area (Å²) in [6, 6.07) is 5.04. The van der Waals surface area contributed by atoms with Crippen LogP contribution >= 0.6 is 0 Å². The monoisotopic (exact) mass is 225 g/mol. The molecule has 2 N–H and O–H groups in total. The van der Waals surface area contributed by atoms with Crippen molar-refractivity contribution >= 4 is 5.71 Å². The van der Waals surface area contributed by atoms with Gasteiger partial charge < -0.3 is 19.8 Å². The minimum absolute atomic E-state index is 0.187. The van der Waals surface area contributed by atoms with Gasteiger partial charge in [0, 0.05) is 5.56 Å². The molecule has 88 valence electrons. The minimum Gasteiger partial charge on any atom is -0.497 e. The molecule has 0 saturated heterocycles. The molecule has 5 heteroatoms. The lowest BCUT2D eigenvalue weighted by Gasteiger charge is -2.14. The number of hydrogen-bond donors (Lipinski definition) is 2. The van der Waals surface area contributed by atoms with E-state index in [0.29, 0.717) is 17.1 Å². The van der Waals surface area contributed by atoms with E-state index in [4.69, 9.17) is 14.7 Å². The number of methoxy groups -OCH3 is 2. The summed E-state index contributed by atoms with van der Waals surface area (Å²) in [7, 11) is 3.04. The van der Waals surface area contributed by atoms with Crippen molar-refractivity contribution in [3.8, 4) is 11.5 Å². The van der Waals surface area contributed by atoms with E-state index in [1.54, 1.807) is 18.2 Å². The Labute approximate surface area is 93.9 Å². The molecule has 0 saturated carbocycles. The van der Waals surface area contributed by atoms with E-state index < -0.39 is 6.10 Å². The molecule has 0 amide bonds. The molecule has 0 aliphatic carbocycles. The third kappa shape index (κ3) is 2.43. The number of benzene rings is 1. The summed E-state index contributed by atoms with van der Waals surface area (Å²) in [5.41, 5.74) is 0.684. The maximum absolute atomic E-state index is 9.89. The van der Waals surface area contributed by atoms with Crippen LogP contribution < -0.4 is 9.47 Å². The highest BCUT2D eigenvalue weighted by Crippen LogP contribution is 2.29. The molecule has 16 heavy (non-hydrogen) atoms. The number of hydrogen-bond acceptors (Lipinski definition) is 5. The van der Waals surface area contributed by atoms with Gasteiger partial charge in [-0.1, -0.05) is 5.16 Å². The second-order valence-electron chi connectivity index (χ2n) is 3.25. The van der Waals surface area contributed by atoms with Crippen LogP contribution in [0.1, 0.15) is 18.6 Å². The lowest BCUT2D eigenvalue weighted by Crippen LogP contribution is -2.10. The van der Waals surface area contributed by atoms with Gasteiger partial charge in [0.25, 0.3) is 0 Å². The largest absolute Gasteiger partial charge is 0.497 e. The molecular formula is C11H15NO4. The lowest BCUT2D eigenvalue weighted by atomic mass is 10.0. The second-order valence-corrected chi connectivity index (χ2v) is 3.25. The van der Waals surface area contributed by atoms with Crippen LogP contribution in [0.5, 0.6) is 11.5 Å². The molecule has 1 rings (SSSR count). The zero-order valence-corrected chi connectivity index (χ0v) is 9.47. The van der Waals surface area contributed by atoms with E-state index in [1.165, 1.54) is 21.1 Å². The molecule has 1 aromatic rings. The molecule has 5 nitrogen and oxygen atoms in total. The Balaban J connectivity index is 3.18. The molecule has 0 spiro atoms. The van der Waals surface area contributed by atoms with Gasteiger partial charge in [-0.15, -0.1) is 0 Å².